The third-order valence-electron chi connectivity index (χ3n) is 2.59. The number of esters is 1. The Kier molecular flexibility index (Phi) is 3.59. The van der Waals surface area contributed by atoms with Crippen molar-refractivity contribution in [3.8, 4) is 0 Å². The molecule has 0 aliphatic carbocycles. The van der Waals surface area contributed by atoms with E-state index in [1.165, 1.54) is 19.2 Å². The molecular weight excluding hydrogens is 238 g/mol. The van der Waals surface area contributed by atoms with Gasteiger partial charge in [-0.1, -0.05) is 12.1 Å². The van der Waals surface area contributed by atoms with E-state index in [9.17, 15) is 14.7 Å². The van der Waals surface area contributed by atoms with Crippen molar-refractivity contribution in [3.05, 3.63) is 35.4 Å². The van der Waals surface area contributed by atoms with Crippen LogP contribution >= 0.6 is 0 Å². The van der Waals surface area contributed by atoms with Crippen LogP contribution in [0.15, 0.2) is 24.3 Å². The minimum absolute atomic E-state index is 0.0755. The lowest BCUT2D eigenvalue weighted by Gasteiger charge is -2.15. The summed E-state index contributed by atoms with van der Waals surface area (Å²) in [5.41, 5.74) is 0.369. The Balaban J connectivity index is 2.27. The molecule has 6 nitrogen and oxygen atoms in total. The third kappa shape index (κ3) is 2.34. The van der Waals surface area contributed by atoms with E-state index in [-0.39, 0.29) is 24.3 Å². The van der Waals surface area contributed by atoms with Gasteiger partial charge in [-0.25, -0.2) is 9.86 Å². The van der Waals surface area contributed by atoms with E-state index in [0.717, 1.165) is 5.06 Å². The Morgan fingerprint density at radius 2 is 2.06 bits per heavy atom. The lowest BCUT2D eigenvalue weighted by molar-refractivity contribution is -0.0780. The lowest BCUT2D eigenvalue weighted by Crippen LogP contribution is -2.29. The van der Waals surface area contributed by atoms with Gasteiger partial charge in [0.1, 0.15) is 12.7 Å². The number of aliphatic hydroxyl groups is 1. The smallest absolute Gasteiger partial charge is 0.338 e. The van der Waals surface area contributed by atoms with Crippen molar-refractivity contribution < 1.29 is 24.3 Å². The first kappa shape index (κ1) is 12.5. The maximum Gasteiger partial charge on any atom is 0.338 e. The van der Waals surface area contributed by atoms with Crippen molar-refractivity contribution in [1.29, 1.82) is 0 Å². The minimum atomic E-state index is -0.695. The van der Waals surface area contributed by atoms with Crippen molar-refractivity contribution in [2.24, 2.45) is 0 Å². The van der Waals surface area contributed by atoms with Gasteiger partial charge in [0, 0.05) is 0 Å². The fourth-order valence-electron chi connectivity index (χ4n) is 1.71. The number of aliphatic hydroxyl groups excluding tert-OH is 1. The summed E-state index contributed by atoms with van der Waals surface area (Å²) in [6.45, 7) is 0.167. The van der Waals surface area contributed by atoms with Gasteiger partial charge in [0.15, 0.2) is 0 Å². The van der Waals surface area contributed by atoms with Gasteiger partial charge in [-0.15, -0.1) is 0 Å². The highest BCUT2D eigenvalue weighted by molar-refractivity contribution is 6.05. The van der Waals surface area contributed by atoms with Crippen LogP contribution < -0.4 is 0 Å². The molecule has 1 fully saturated rings. The molecular formula is C12H13NO5. The number of hydrogen-bond donors (Lipinski definition) is 1. The molecule has 1 aromatic rings. The van der Waals surface area contributed by atoms with E-state index in [1.54, 1.807) is 12.1 Å². The molecule has 0 spiro atoms. The second kappa shape index (κ2) is 5.16. The maximum atomic E-state index is 12.1. The number of carbonyl (C=O) groups excluding carboxylic acids is 2. The second-order valence-corrected chi connectivity index (χ2v) is 3.85. The van der Waals surface area contributed by atoms with Crippen LogP contribution in [0.3, 0.4) is 0 Å². The third-order valence-corrected chi connectivity index (χ3v) is 2.59. The summed E-state index contributed by atoms with van der Waals surface area (Å²) in [4.78, 5) is 28.7. The molecule has 1 heterocycles. The molecule has 0 saturated carbocycles. The van der Waals surface area contributed by atoms with Gasteiger partial charge in [-0.2, -0.15) is 0 Å². The maximum absolute atomic E-state index is 12.1. The number of methoxy groups -OCH3 is 1. The number of hydroxylamine groups is 2. The number of ether oxygens (including phenoxy) is 1. The SMILES string of the molecule is COC(=O)c1ccccc1C(=O)N1C[C@@H](O)CO1. The summed E-state index contributed by atoms with van der Waals surface area (Å²) in [5.74, 6) is -1.05. The van der Waals surface area contributed by atoms with E-state index >= 15 is 0 Å². The van der Waals surface area contributed by atoms with E-state index in [0.29, 0.717) is 0 Å². The zero-order chi connectivity index (χ0) is 13.1. The monoisotopic (exact) mass is 251 g/mol. The first-order valence-corrected chi connectivity index (χ1v) is 5.43. The number of β-amino-alcohol motifs (C(OH)–C–C–N with tert-alkyl or cyclic N) is 1. The van der Waals surface area contributed by atoms with Crippen LogP contribution in [0.2, 0.25) is 0 Å². The van der Waals surface area contributed by atoms with E-state index < -0.39 is 18.0 Å². The Morgan fingerprint density at radius 1 is 1.39 bits per heavy atom. The number of rotatable bonds is 2. The van der Waals surface area contributed by atoms with Crippen LogP contribution in [0.4, 0.5) is 0 Å². The first-order valence-electron chi connectivity index (χ1n) is 5.43. The molecule has 1 saturated heterocycles. The Labute approximate surface area is 104 Å². The highest BCUT2D eigenvalue weighted by Crippen LogP contribution is 2.16. The Morgan fingerprint density at radius 3 is 2.61 bits per heavy atom. The lowest BCUT2D eigenvalue weighted by atomic mass is 10.1. The largest absolute Gasteiger partial charge is 0.465 e. The number of hydrogen-bond acceptors (Lipinski definition) is 5. The minimum Gasteiger partial charge on any atom is -0.465 e. The molecule has 2 rings (SSSR count). The highest BCUT2D eigenvalue weighted by atomic mass is 16.7. The molecule has 6 heteroatoms. The molecule has 0 unspecified atom stereocenters. The van der Waals surface area contributed by atoms with Gasteiger partial charge in [0.2, 0.25) is 0 Å². The molecule has 0 bridgehead atoms. The molecule has 1 aliphatic heterocycles. The molecule has 0 radical (unpaired) electrons. The number of amides is 1. The zero-order valence-corrected chi connectivity index (χ0v) is 9.83. The summed E-state index contributed by atoms with van der Waals surface area (Å²) in [6, 6.07) is 6.31. The van der Waals surface area contributed by atoms with E-state index in [2.05, 4.69) is 4.74 Å². The second-order valence-electron chi connectivity index (χ2n) is 3.85. The average Bonchev–Trinajstić information content (AvgIpc) is 2.83. The Bertz CT molecular complexity index is 473. The standard InChI is InChI=1S/C12H13NO5/c1-17-12(16)10-5-3-2-4-9(10)11(15)13-6-8(14)7-18-13/h2-5,8,14H,6-7H2,1H3/t8-/m1/s1. The normalized spacial score (nSPS) is 18.8. The summed E-state index contributed by atoms with van der Waals surface area (Å²) in [7, 11) is 1.25. The van der Waals surface area contributed by atoms with Crippen LogP contribution in [0.25, 0.3) is 0 Å². The molecule has 1 amide bonds. The quantitative estimate of drug-likeness (QED) is 0.761. The topological polar surface area (TPSA) is 76.1 Å². The van der Waals surface area contributed by atoms with Crippen molar-refractivity contribution in [1.82, 2.24) is 5.06 Å². The summed E-state index contributed by atoms with van der Waals surface area (Å²) in [6.07, 6.45) is -0.695. The molecule has 1 aromatic carbocycles. The van der Waals surface area contributed by atoms with E-state index in [1.807, 2.05) is 0 Å². The fraction of sp³-hybridized carbons (Fsp3) is 0.333. The Hall–Kier alpha value is -1.92. The van der Waals surface area contributed by atoms with Crippen LogP contribution in [0.5, 0.6) is 0 Å². The van der Waals surface area contributed by atoms with Crippen molar-refractivity contribution in [2.75, 3.05) is 20.3 Å². The van der Waals surface area contributed by atoms with Gasteiger partial charge in [-0.3, -0.25) is 9.63 Å². The van der Waals surface area contributed by atoms with Crippen molar-refractivity contribution in [3.63, 3.8) is 0 Å². The highest BCUT2D eigenvalue weighted by Gasteiger charge is 2.29. The average molecular weight is 251 g/mol. The fourth-order valence-corrected chi connectivity index (χ4v) is 1.71. The van der Waals surface area contributed by atoms with Crippen LogP contribution in [-0.4, -0.2) is 48.4 Å². The van der Waals surface area contributed by atoms with Gasteiger partial charge >= 0.3 is 5.97 Å². The number of benzene rings is 1. The summed E-state index contributed by atoms with van der Waals surface area (Å²) in [5, 5.41) is 10.4. The molecule has 18 heavy (non-hydrogen) atoms. The van der Waals surface area contributed by atoms with Crippen molar-refractivity contribution in [2.45, 2.75) is 6.10 Å². The number of nitrogens with zero attached hydrogens (tertiary/aromatic N) is 1. The predicted octanol–water partition coefficient (Wildman–Crippen LogP) is 0.221. The predicted molar refractivity (Wildman–Crippen MR) is 60.8 cm³/mol. The molecule has 1 N–H and O–H groups in total. The van der Waals surface area contributed by atoms with Gasteiger partial charge in [0.25, 0.3) is 5.91 Å². The molecule has 1 atom stereocenters. The zero-order valence-electron chi connectivity index (χ0n) is 9.83. The number of carbonyl (C=O) groups is 2. The van der Waals surface area contributed by atoms with Gasteiger partial charge in [-0.05, 0) is 12.1 Å². The van der Waals surface area contributed by atoms with Gasteiger partial charge < -0.3 is 9.84 Å². The summed E-state index contributed by atoms with van der Waals surface area (Å²) >= 11 is 0. The van der Waals surface area contributed by atoms with Crippen LogP contribution in [0.1, 0.15) is 20.7 Å². The molecule has 1 aliphatic rings. The summed E-state index contributed by atoms with van der Waals surface area (Å²) < 4.78 is 4.61. The molecule has 96 valence electrons. The van der Waals surface area contributed by atoms with Crippen LogP contribution in [0, 0.1) is 0 Å². The van der Waals surface area contributed by atoms with Crippen LogP contribution in [-0.2, 0) is 9.57 Å². The van der Waals surface area contributed by atoms with Crippen molar-refractivity contribution >= 4 is 11.9 Å². The van der Waals surface area contributed by atoms with E-state index in [4.69, 9.17) is 4.84 Å². The first-order chi connectivity index (χ1) is 8.63. The molecule has 0 aromatic heterocycles. The van der Waals surface area contributed by atoms with Gasteiger partial charge in [0.05, 0.1) is 24.8 Å².